The third kappa shape index (κ3) is 2.93. The van der Waals surface area contributed by atoms with E-state index < -0.39 is 0 Å². The summed E-state index contributed by atoms with van der Waals surface area (Å²) in [7, 11) is 0. The summed E-state index contributed by atoms with van der Waals surface area (Å²) in [6.45, 7) is 6.83. The molecule has 0 heterocycles. The first-order valence-corrected chi connectivity index (χ1v) is 11.8. The van der Waals surface area contributed by atoms with Gasteiger partial charge in [0.1, 0.15) is 0 Å². The van der Waals surface area contributed by atoms with E-state index in [1.165, 1.54) is 44.2 Å². The second kappa shape index (κ2) is 7.44. The molecule has 0 aromatic heterocycles. The zero-order valence-corrected chi connectivity index (χ0v) is 19.7. The molecule has 1 aliphatic carbocycles. The Morgan fingerprint density at radius 2 is 1.32 bits per heavy atom. The SMILES string of the molecule is Cc1ccc2c(c1)C(C)(C)c1cc(-c3cc(C#N)ccc3-c3ccccc3)c3ccccc3c1-2. The zero-order valence-electron chi connectivity index (χ0n) is 19.7. The topological polar surface area (TPSA) is 23.8 Å². The maximum Gasteiger partial charge on any atom is 0.0991 e. The first kappa shape index (κ1) is 20.5. The minimum absolute atomic E-state index is 0.102. The highest BCUT2D eigenvalue weighted by Crippen LogP contribution is 2.53. The molecule has 6 rings (SSSR count). The maximum atomic E-state index is 9.72. The average Bonchev–Trinajstić information content (AvgIpc) is 3.10. The van der Waals surface area contributed by atoms with Crippen molar-refractivity contribution >= 4 is 10.8 Å². The summed E-state index contributed by atoms with van der Waals surface area (Å²) >= 11 is 0. The Morgan fingerprint density at radius 1 is 0.618 bits per heavy atom. The van der Waals surface area contributed by atoms with Crippen LogP contribution in [0.5, 0.6) is 0 Å². The van der Waals surface area contributed by atoms with Gasteiger partial charge in [-0.15, -0.1) is 0 Å². The average molecular weight is 436 g/mol. The second-order valence-electron chi connectivity index (χ2n) is 9.80. The summed E-state index contributed by atoms with van der Waals surface area (Å²) in [5.74, 6) is 0. The van der Waals surface area contributed by atoms with Crippen LogP contribution in [0.4, 0.5) is 0 Å². The van der Waals surface area contributed by atoms with Gasteiger partial charge in [-0.25, -0.2) is 0 Å². The van der Waals surface area contributed by atoms with Gasteiger partial charge in [0.05, 0.1) is 11.6 Å². The van der Waals surface area contributed by atoms with E-state index in [9.17, 15) is 5.26 Å². The highest BCUT2D eigenvalue weighted by molar-refractivity contribution is 6.10. The van der Waals surface area contributed by atoms with Crippen LogP contribution in [0.1, 0.15) is 36.1 Å². The van der Waals surface area contributed by atoms with Crippen LogP contribution in [0.25, 0.3) is 44.2 Å². The lowest BCUT2D eigenvalue weighted by atomic mass is 9.79. The van der Waals surface area contributed by atoms with Gasteiger partial charge in [0, 0.05) is 5.41 Å². The number of nitrogens with zero attached hydrogens (tertiary/aromatic N) is 1. The van der Waals surface area contributed by atoms with Crippen molar-refractivity contribution in [3.05, 3.63) is 119 Å². The molecule has 0 aliphatic heterocycles. The number of aryl methyl sites for hydroxylation is 1. The number of hydrogen-bond donors (Lipinski definition) is 0. The molecule has 0 amide bonds. The van der Waals surface area contributed by atoms with E-state index in [1.807, 2.05) is 12.1 Å². The minimum atomic E-state index is -0.102. The van der Waals surface area contributed by atoms with E-state index in [0.717, 1.165) is 16.7 Å². The number of fused-ring (bicyclic) bond motifs is 5. The Morgan fingerprint density at radius 3 is 2.09 bits per heavy atom. The molecule has 0 radical (unpaired) electrons. The van der Waals surface area contributed by atoms with E-state index in [-0.39, 0.29) is 5.41 Å². The van der Waals surface area contributed by atoms with E-state index in [1.54, 1.807) is 0 Å². The lowest BCUT2D eigenvalue weighted by Gasteiger charge is -2.24. The summed E-state index contributed by atoms with van der Waals surface area (Å²) in [5, 5.41) is 12.2. The van der Waals surface area contributed by atoms with Crippen LogP contribution in [0, 0.1) is 18.3 Å². The molecule has 1 nitrogen and oxygen atoms in total. The molecule has 0 bridgehead atoms. The smallest absolute Gasteiger partial charge is 0.0991 e. The van der Waals surface area contributed by atoms with E-state index in [2.05, 4.69) is 112 Å². The molecule has 0 spiro atoms. The van der Waals surface area contributed by atoms with Gasteiger partial charge >= 0.3 is 0 Å². The predicted molar refractivity (Wildman–Crippen MR) is 142 cm³/mol. The van der Waals surface area contributed by atoms with Crippen molar-refractivity contribution in [2.45, 2.75) is 26.2 Å². The molecule has 0 atom stereocenters. The molecule has 0 fully saturated rings. The van der Waals surface area contributed by atoms with Gasteiger partial charge in [0.25, 0.3) is 0 Å². The third-order valence-electron chi connectivity index (χ3n) is 7.36. The molecule has 34 heavy (non-hydrogen) atoms. The zero-order chi connectivity index (χ0) is 23.4. The Bertz CT molecular complexity index is 1630. The van der Waals surface area contributed by atoms with Gasteiger partial charge in [0.2, 0.25) is 0 Å². The second-order valence-corrected chi connectivity index (χ2v) is 9.80. The van der Waals surface area contributed by atoms with Crippen LogP contribution in [0.15, 0.2) is 97.1 Å². The molecule has 0 saturated heterocycles. The van der Waals surface area contributed by atoms with Gasteiger partial charge in [-0.1, -0.05) is 98.3 Å². The van der Waals surface area contributed by atoms with Crippen LogP contribution in [0.3, 0.4) is 0 Å². The quantitative estimate of drug-likeness (QED) is 0.272. The lowest BCUT2D eigenvalue weighted by Crippen LogP contribution is -2.15. The molecular weight excluding hydrogens is 410 g/mol. The van der Waals surface area contributed by atoms with Gasteiger partial charge in [-0.05, 0) is 80.4 Å². The summed E-state index contributed by atoms with van der Waals surface area (Å²) in [4.78, 5) is 0. The van der Waals surface area contributed by atoms with Crippen molar-refractivity contribution in [3.8, 4) is 39.4 Å². The van der Waals surface area contributed by atoms with E-state index in [0.29, 0.717) is 5.56 Å². The number of hydrogen-bond acceptors (Lipinski definition) is 1. The number of benzene rings is 5. The summed E-state index contributed by atoms with van der Waals surface area (Å²) in [6, 6.07) is 36.8. The van der Waals surface area contributed by atoms with Gasteiger partial charge in [-0.3, -0.25) is 0 Å². The normalized spacial score (nSPS) is 13.4. The monoisotopic (exact) mass is 435 g/mol. The van der Waals surface area contributed by atoms with Gasteiger partial charge < -0.3 is 0 Å². The predicted octanol–water partition coefficient (Wildman–Crippen LogP) is 8.66. The molecule has 1 heteroatoms. The molecular formula is C33H25N. The van der Waals surface area contributed by atoms with E-state index in [4.69, 9.17) is 0 Å². The van der Waals surface area contributed by atoms with Crippen LogP contribution in [0.2, 0.25) is 0 Å². The highest BCUT2D eigenvalue weighted by atomic mass is 14.4. The van der Waals surface area contributed by atoms with Crippen molar-refractivity contribution in [1.82, 2.24) is 0 Å². The lowest BCUT2D eigenvalue weighted by molar-refractivity contribution is 0.660. The van der Waals surface area contributed by atoms with Crippen LogP contribution < -0.4 is 0 Å². The molecule has 162 valence electrons. The largest absolute Gasteiger partial charge is 0.192 e. The van der Waals surface area contributed by atoms with Crippen LogP contribution in [-0.4, -0.2) is 0 Å². The summed E-state index contributed by atoms with van der Waals surface area (Å²) in [6.07, 6.45) is 0. The first-order valence-electron chi connectivity index (χ1n) is 11.8. The van der Waals surface area contributed by atoms with Crippen LogP contribution >= 0.6 is 0 Å². The standard InChI is InChI=1S/C33H25N/c1-21-13-15-27-30(17-21)33(2,3)31-19-29(25-11-7-8-12-26(25)32(27)31)28-18-22(20-34)14-16-24(28)23-9-5-4-6-10-23/h4-19H,1-3H3. The minimum Gasteiger partial charge on any atom is -0.192 e. The fraction of sp³-hybridized carbons (Fsp3) is 0.121. The maximum absolute atomic E-state index is 9.72. The number of rotatable bonds is 2. The van der Waals surface area contributed by atoms with Gasteiger partial charge in [0.15, 0.2) is 0 Å². The van der Waals surface area contributed by atoms with Crippen molar-refractivity contribution in [3.63, 3.8) is 0 Å². The van der Waals surface area contributed by atoms with Crippen molar-refractivity contribution in [2.75, 3.05) is 0 Å². The molecule has 5 aromatic rings. The third-order valence-corrected chi connectivity index (χ3v) is 7.36. The Labute approximate surface area is 200 Å². The Hall–Kier alpha value is -4.15. The van der Waals surface area contributed by atoms with Crippen molar-refractivity contribution < 1.29 is 0 Å². The van der Waals surface area contributed by atoms with Crippen LogP contribution in [-0.2, 0) is 5.41 Å². The number of nitriles is 1. The summed E-state index contributed by atoms with van der Waals surface area (Å²) in [5.41, 5.74) is 11.9. The Kier molecular flexibility index (Phi) is 4.48. The molecule has 0 saturated carbocycles. The highest BCUT2D eigenvalue weighted by Gasteiger charge is 2.37. The van der Waals surface area contributed by atoms with E-state index >= 15 is 0 Å². The fourth-order valence-corrected chi connectivity index (χ4v) is 5.63. The van der Waals surface area contributed by atoms with Gasteiger partial charge in [-0.2, -0.15) is 5.26 Å². The fourth-order valence-electron chi connectivity index (χ4n) is 5.63. The molecule has 0 N–H and O–H groups in total. The van der Waals surface area contributed by atoms with Crippen molar-refractivity contribution in [1.29, 1.82) is 5.26 Å². The first-order chi connectivity index (χ1) is 16.5. The Balaban J connectivity index is 1.73. The summed E-state index contributed by atoms with van der Waals surface area (Å²) < 4.78 is 0. The molecule has 0 unspecified atom stereocenters. The van der Waals surface area contributed by atoms with Crippen molar-refractivity contribution in [2.24, 2.45) is 0 Å². The molecule has 1 aliphatic rings. The molecule has 5 aromatic carbocycles.